The van der Waals surface area contributed by atoms with Crippen LogP contribution in [0.3, 0.4) is 0 Å². The molecule has 0 radical (unpaired) electrons. The van der Waals surface area contributed by atoms with Crippen molar-refractivity contribution in [1.82, 2.24) is 4.90 Å². The van der Waals surface area contributed by atoms with E-state index in [-0.39, 0.29) is 6.10 Å². The molecule has 0 aliphatic carbocycles. The number of morpholine rings is 1. The number of anilines is 2. The molecule has 0 saturated carbocycles. The van der Waals surface area contributed by atoms with Gasteiger partial charge in [0, 0.05) is 19.6 Å². The van der Waals surface area contributed by atoms with Gasteiger partial charge in [-0.05, 0) is 18.7 Å². The van der Waals surface area contributed by atoms with E-state index in [2.05, 4.69) is 17.1 Å². The second kappa shape index (κ2) is 7.28. The first-order chi connectivity index (χ1) is 10.2. The molecule has 6 heteroatoms. The monoisotopic (exact) mass is 293 g/mol. The van der Waals surface area contributed by atoms with Gasteiger partial charge in [-0.15, -0.1) is 0 Å². The van der Waals surface area contributed by atoms with Crippen molar-refractivity contribution in [3.63, 3.8) is 0 Å². The number of carbonyl (C=O) groups is 1. The summed E-state index contributed by atoms with van der Waals surface area (Å²) in [5, 5.41) is 3.26. The van der Waals surface area contributed by atoms with Crippen molar-refractivity contribution in [2.24, 2.45) is 0 Å². The number of nitrogens with zero attached hydrogens (tertiary/aromatic N) is 1. The summed E-state index contributed by atoms with van der Waals surface area (Å²) in [6.07, 6.45) is 0.125. The molecule has 1 aromatic carbocycles. The number of ether oxygens (including phenoxy) is 2. The van der Waals surface area contributed by atoms with Gasteiger partial charge in [-0.1, -0.05) is 13.0 Å². The van der Waals surface area contributed by atoms with E-state index in [1.807, 2.05) is 6.07 Å². The third kappa shape index (κ3) is 3.86. The molecule has 1 aliphatic rings. The van der Waals surface area contributed by atoms with E-state index in [0.29, 0.717) is 17.8 Å². The van der Waals surface area contributed by atoms with Crippen LogP contribution in [0.15, 0.2) is 18.2 Å². The van der Waals surface area contributed by atoms with E-state index in [0.717, 1.165) is 31.9 Å². The minimum absolute atomic E-state index is 0.125. The standard InChI is InChI=1S/C15H23N3O3/c1-3-18-7-8-21-11(10-18)9-17-13-6-4-5-12(14(13)16)15(19)20-2/h4-6,11,17H,3,7-10,16H2,1-2H3. The predicted octanol–water partition coefficient (Wildman–Crippen LogP) is 1.19. The summed E-state index contributed by atoms with van der Waals surface area (Å²) in [5.41, 5.74) is 7.53. The number of rotatable bonds is 5. The average Bonchev–Trinajstić information content (AvgIpc) is 2.53. The molecule has 1 aromatic rings. The third-order valence-corrected chi connectivity index (χ3v) is 3.70. The Morgan fingerprint density at radius 2 is 2.38 bits per heavy atom. The van der Waals surface area contributed by atoms with Crippen LogP contribution in [0.5, 0.6) is 0 Å². The normalized spacial score (nSPS) is 19.2. The molecule has 1 fully saturated rings. The summed E-state index contributed by atoms with van der Waals surface area (Å²) in [6.45, 7) is 6.46. The summed E-state index contributed by atoms with van der Waals surface area (Å²) in [7, 11) is 1.34. The molecular formula is C15H23N3O3. The van der Waals surface area contributed by atoms with Gasteiger partial charge in [0.1, 0.15) is 0 Å². The molecule has 1 aliphatic heterocycles. The fraction of sp³-hybridized carbons (Fsp3) is 0.533. The second-order valence-electron chi connectivity index (χ2n) is 5.03. The first-order valence-electron chi connectivity index (χ1n) is 7.20. The molecule has 1 saturated heterocycles. The molecule has 2 rings (SSSR count). The number of esters is 1. The van der Waals surface area contributed by atoms with Crippen molar-refractivity contribution in [3.05, 3.63) is 23.8 Å². The van der Waals surface area contributed by atoms with Crippen LogP contribution in [0.4, 0.5) is 11.4 Å². The molecule has 0 aromatic heterocycles. The van der Waals surface area contributed by atoms with E-state index >= 15 is 0 Å². The van der Waals surface area contributed by atoms with Gasteiger partial charge in [-0.3, -0.25) is 4.90 Å². The number of nitrogen functional groups attached to an aromatic ring is 1. The van der Waals surface area contributed by atoms with E-state index in [4.69, 9.17) is 15.2 Å². The summed E-state index contributed by atoms with van der Waals surface area (Å²) in [5.74, 6) is -0.428. The lowest BCUT2D eigenvalue weighted by Gasteiger charge is -2.32. The van der Waals surface area contributed by atoms with Gasteiger partial charge in [0.05, 0.1) is 36.8 Å². The largest absolute Gasteiger partial charge is 0.465 e. The number of methoxy groups -OCH3 is 1. The maximum atomic E-state index is 11.6. The molecule has 6 nitrogen and oxygen atoms in total. The lowest BCUT2D eigenvalue weighted by atomic mass is 10.1. The Hall–Kier alpha value is -1.79. The lowest BCUT2D eigenvalue weighted by Crippen LogP contribution is -2.45. The molecule has 3 N–H and O–H groups in total. The Balaban J connectivity index is 1.98. The maximum absolute atomic E-state index is 11.6. The molecule has 21 heavy (non-hydrogen) atoms. The van der Waals surface area contributed by atoms with Crippen molar-refractivity contribution in [1.29, 1.82) is 0 Å². The van der Waals surface area contributed by atoms with E-state index in [9.17, 15) is 4.79 Å². The smallest absolute Gasteiger partial charge is 0.340 e. The number of hydrogen-bond acceptors (Lipinski definition) is 6. The zero-order valence-electron chi connectivity index (χ0n) is 12.6. The quantitative estimate of drug-likeness (QED) is 0.627. The SMILES string of the molecule is CCN1CCOC(CNc2cccc(C(=O)OC)c2N)C1. The summed E-state index contributed by atoms with van der Waals surface area (Å²) >= 11 is 0. The molecule has 0 bridgehead atoms. The number of likely N-dealkylation sites (N-methyl/N-ethyl adjacent to an activating group) is 1. The van der Waals surface area contributed by atoms with Crippen LogP contribution < -0.4 is 11.1 Å². The van der Waals surface area contributed by atoms with Gasteiger partial charge < -0.3 is 20.5 Å². The molecule has 0 spiro atoms. The van der Waals surface area contributed by atoms with Crippen LogP contribution >= 0.6 is 0 Å². The summed E-state index contributed by atoms with van der Waals surface area (Å²) in [4.78, 5) is 14.0. The minimum atomic E-state index is -0.428. The van der Waals surface area contributed by atoms with Crippen molar-refractivity contribution in [3.8, 4) is 0 Å². The molecule has 1 atom stereocenters. The van der Waals surface area contributed by atoms with E-state index < -0.39 is 5.97 Å². The number of nitrogens with one attached hydrogen (secondary N) is 1. The van der Waals surface area contributed by atoms with Crippen molar-refractivity contribution in [2.75, 3.05) is 50.9 Å². The third-order valence-electron chi connectivity index (χ3n) is 3.70. The Labute approximate surface area is 125 Å². The highest BCUT2D eigenvalue weighted by Gasteiger charge is 2.19. The highest BCUT2D eigenvalue weighted by Crippen LogP contribution is 2.23. The Morgan fingerprint density at radius 1 is 1.57 bits per heavy atom. The maximum Gasteiger partial charge on any atom is 0.340 e. The number of para-hydroxylation sites is 1. The topological polar surface area (TPSA) is 76.8 Å². The highest BCUT2D eigenvalue weighted by atomic mass is 16.5. The Kier molecular flexibility index (Phi) is 5.41. The zero-order valence-corrected chi connectivity index (χ0v) is 12.6. The number of carbonyl (C=O) groups excluding carboxylic acids is 1. The Bertz CT molecular complexity index is 493. The van der Waals surface area contributed by atoms with Crippen LogP contribution in [-0.2, 0) is 9.47 Å². The lowest BCUT2D eigenvalue weighted by molar-refractivity contribution is -0.0191. The van der Waals surface area contributed by atoms with Gasteiger partial charge in [-0.2, -0.15) is 0 Å². The first kappa shape index (κ1) is 15.6. The van der Waals surface area contributed by atoms with Crippen molar-refractivity contribution >= 4 is 17.3 Å². The molecular weight excluding hydrogens is 270 g/mol. The summed E-state index contributed by atoms with van der Waals surface area (Å²) < 4.78 is 10.5. The van der Waals surface area contributed by atoms with Crippen LogP contribution in [0.1, 0.15) is 17.3 Å². The van der Waals surface area contributed by atoms with Gasteiger partial charge >= 0.3 is 5.97 Å². The second-order valence-corrected chi connectivity index (χ2v) is 5.03. The van der Waals surface area contributed by atoms with Gasteiger partial charge in [0.2, 0.25) is 0 Å². The van der Waals surface area contributed by atoms with Crippen molar-refractivity contribution < 1.29 is 14.3 Å². The van der Waals surface area contributed by atoms with E-state index in [1.54, 1.807) is 12.1 Å². The average molecular weight is 293 g/mol. The van der Waals surface area contributed by atoms with Crippen LogP contribution in [0.25, 0.3) is 0 Å². The number of hydrogen-bond donors (Lipinski definition) is 2. The number of nitrogens with two attached hydrogens (primary N) is 1. The highest BCUT2D eigenvalue weighted by molar-refractivity contribution is 5.98. The van der Waals surface area contributed by atoms with Crippen LogP contribution in [0.2, 0.25) is 0 Å². The predicted molar refractivity (Wildman–Crippen MR) is 82.5 cm³/mol. The van der Waals surface area contributed by atoms with Gasteiger partial charge in [0.15, 0.2) is 0 Å². The summed E-state index contributed by atoms with van der Waals surface area (Å²) in [6, 6.07) is 5.29. The molecule has 1 unspecified atom stereocenters. The molecule has 116 valence electrons. The zero-order chi connectivity index (χ0) is 15.2. The number of benzene rings is 1. The van der Waals surface area contributed by atoms with E-state index in [1.165, 1.54) is 7.11 Å². The van der Waals surface area contributed by atoms with Crippen LogP contribution in [0, 0.1) is 0 Å². The molecule has 0 amide bonds. The molecule has 1 heterocycles. The minimum Gasteiger partial charge on any atom is -0.465 e. The fourth-order valence-corrected chi connectivity index (χ4v) is 2.42. The van der Waals surface area contributed by atoms with Gasteiger partial charge in [-0.25, -0.2) is 4.79 Å². The van der Waals surface area contributed by atoms with Crippen molar-refractivity contribution in [2.45, 2.75) is 13.0 Å². The Morgan fingerprint density at radius 3 is 3.10 bits per heavy atom. The van der Waals surface area contributed by atoms with Gasteiger partial charge in [0.25, 0.3) is 0 Å². The van der Waals surface area contributed by atoms with Crippen LogP contribution in [-0.4, -0.2) is 56.9 Å². The fourth-order valence-electron chi connectivity index (χ4n) is 2.42. The first-order valence-corrected chi connectivity index (χ1v) is 7.20.